The van der Waals surface area contributed by atoms with Gasteiger partial charge in [0.05, 0.1) is 0 Å². The maximum Gasteiger partial charge on any atom is 0.0178 e. The average molecular weight is 468 g/mol. The summed E-state index contributed by atoms with van der Waals surface area (Å²) >= 11 is 6.98. The van der Waals surface area contributed by atoms with Crippen LogP contribution in [0.2, 0.25) is 0 Å². The molecule has 0 heterocycles. The van der Waals surface area contributed by atoms with E-state index in [1.807, 2.05) is 0 Å². The lowest BCUT2D eigenvalue weighted by Gasteiger charge is -2.10. The molecule has 0 atom stereocenters. The van der Waals surface area contributed by atoms with Crippen molar-refractivity contribution < 1.29 is 0 Å². The summed E-state index contributed by atoms with van der Waals surface area (Å²) in [6, 6.07) is 12.8. The van der Waals surface area contributed by atoms with Crippen LogP contribution in [0, 0.1) is 13.8 Å². The zero-order valence-corrected chi connectivity index (χ0v) is 19.3. The van der Waals surface area contributed by atoms with Gasteiger partial charge in [-0.05, 0) is 60.4 Å². The zero-order valence-electron chi connectivity index (χ0n) is 16.2. The molecule has 0 amide bonds. The van der Waals surface area contributed by atoms with E-state index >= 15 is 0 Å². The van der Waals surface area contributed by atoms with Gasteiger partial charge in [0, 0.05) is 8.95 Å². The van der Waals surface area contributed by atoms with Gasteiger partial charge in [0.15, 0.2) is 0 Å². The summed E-state index contributed by atoms with van der Waals surface area (Å²) in [5.74, 6) is 0. The Bertz CT molecular complexity index is 576. The Morgan fingerprint density at radius 1 is 0.600 bits per heavy atom. The fraction of sp³-hybridized carbons (Fsp3) is 0.478. The lowest BCUT2D eigenvalue weighted by atomic mass is 9.97. The Labute approximate surface area is 171 Å². The Kier molecular flexibility index (Phi) is 11.4. The van der Waals surface area contributed by atoms with Crippen LogP contribution in [-0.2, 0) is 0 Å². The van der Waals surface area contributed by atoms with E-state index in [9.17, 15) is 0 Å². The number of hydrogen-bond acceptors (Lipinski definition) is 0. The molecule has 2 aromatic carbocycles. The maximum absolute atomic E-state index is 3.49. The van der Waals surface area contributed by atoms with Crippen molar-refractivity contribution in [1.29, 1.82) is 0 Å². The van der Waals surface area contributed by atoms with Gasteiger partial charge in [-0.3, -0.25) is 0 Å². The van der Waals surface area contributed by atoms with Crippen molar-refractivity contribution in [3.63, 3.8) is 0 Å². The van der Waals surface area contributed by atoms with Crippen LogP contribution in [0.5, 0.6) is 0 Å². The van der Waals surface area contributed by atoms with E-state index in [1.165, 1.54) is 67.2 Å². The minimum atomic E-state index is 1.13. The van der Waals surface area contributed by atoms with Crippen LogP contribution in [0.1, 0.15) is 69.9 Å². The smallest absolute Gasteiger partial charge is 0.0178 e. The molecular formula is C23H32Br2. The van der Waals surface area contributed by atoms with Crippen LogP contribution in [0.4, 0.5) is 0 Å². The van der Waals surface area contributed by atoms with Crippen LogP contribution in [-0.4, -0.2) is 0 Å². The van der Waals surface area contributed by atoms with Gasteiger partial charge in [-0.1, -0.05) is 103 Å². The first-order valence-corrected chi connectivity index (χ1v) is 11.1. The number of unbranched alkanes of at least 4 members (excludes halogenated alkanes) is 6. The fourth-order valence-electron chi connectivity index (χ4n) is 2.89. The molecular weight excluding hydrogens is 436 g/mol. The largest absolute Gasteiger partial charge is 0.0654 e. The predicted octanol–water partition coefficient (Wildman–Crippen LogP) is 9.25. The summed E-state index contributed by atoms with van der Waals surface area (Å²) in [7, 11) is 0. The zero-order chi connectivity index (χ0) is 18.7. The number of benzene rings is 2. The molecule has 2 rings (SSSR count). The van der Waals surface area contributed by atoms with Gasteiger partial charge in [-0.15, -0.1) is 0 Å². The van der Waals surface area contributed by atoms with Crippen LogP contribution in [0.25, 0.3) is 11.1 Å². The molecule has 0 aliphatic carbocycles. The first-order valence-electron chi connectivity index (χ1n) is 9.52. The molecule has 2 aromatic rings. The highest BCUT2D eigenvalue weighted by molar-refractivity contribution is 9.10. The summed E-state index contributed by atoms with van der Waals surface area (Å²) in [6.07, 6.45) is 9.97. The molecule has 0 spiro atoms. The molecule has 138 valence electrons. The van der Waals surface area contributed by atoms with E-state index in [4.69, 9.17) is 0 Å². The lowest BCUT2D eigenvalue weighted by Crippen LogP contribution is -1.87. The maximum atomic E-state index is 3.49. The summed E-state index contributed by atoms with van der Waals surface area (Å²) in [6.45, 7) is 8.81. The summed E-state index contributed by atoms with van der Waals surface area (Å²) in [5.41, 5.74) is 5.18. The van der Waals surface area contributed by atoms with Crippen molar-refractivity contribution in [2.75, 3.05) is 0 Å². The van der Waals surface area contributed by atoms with Gasteiger partial charge in [-0.2, -0.15) is 0 Å². The third-order valence-corrected chi connectivity index (χ3v) is 5.36. The first-order chi connectivity index (χ1) is 12.0. The van der Waals surface area contributed by atoms with E-state index in [0.717, 1.165) is 8.95 Å². The van der Waals surface area contributed by atoms with Gasteiger partial charge < -0.3 is 0 Å². The van der Waals surface area contributed by atoms with Crippen molar-refractivity contribution in [2.24, 2.45) is 0 Å². The molecule has 0 radical (unpaired) electrons. The SMILES string of the molecule is CCCCCCCCC.Cc1cc(Br)ccc1-c1ccc(Br)cc1C. The van der Waals surface area contributed by atoms with E-state index < -0.39 is 0 Å². The number of rotatable bonds is 7. The number of halogens is 2. The highest BCUT2D eigenvalue weighted by atomic mass is 79.9. The van der Waals surface area contributed by atoms with Crippen LogP contribution in [0.3, 0.4) is 0 Å². The molecule has 2 heteroatoms. The molecule has 0 N–H and O–H groups in total. The van der Waals surface area contributed by atoms with Crippen molar-refractivity contribution >= 4 is 31.9 Å². The average Bonchev–Trinajstić information content (AvgIpc) is 2.56. The summed E-state index contributed by atoms with van der Waals surface area (Å²) in [5, 5.41) is 0. The second kappa shape index (κ2) is 12.7. The van der Waals surface area contributed by atoms with E-state index in [-0.39, 0.29) is 0 Å². The van der Waals surface area contributed by atoms with Crippen molar-refractivity contribution in [1.82, 2.24) is 0 Å². The quantitative estimate of drug-likeness (QED) is 0.355. The summed E-state index contributed by atoms with van der Waals surface area (Å²) < 4.78 is 2.26. The monoisotopic (exact) mass is 466 g/mol. The van der Waals surface area contributed by atoms with Gasteiger partial charge in [-0.25, -0.2) is 0 Å². The van der Waals surface area contributed by atoms with E-state index in [0.29, 0.717) is 0 Å². The minimum absolute atomic E-state index is 1.13. The Balaban J connectivity index is 0.000000299. The van der Waals surface area contributed by atoms with E-state index in [2.05, 4.69) is 96.0 Å². The van der Waals surface area contributed by atoms with Crippen molar-refractivity contribution in [2.45, 2.75) is 72.6 Å². The number of hydrogen-bond donors (Lipinski definition) is 0. The molecule has 0 nitrogen and oxygen atoms in total. The second-order valence-corrected chi connectivity index (χ2v) is 8.52. The fourth-order valence-corrected chi connectivity index (χ4v) is 3.84. The second-order valence-electron chi connectivity index (χ2n) is 6.69. The van der Waals surface area contributed by atoms with Crippen LogP contribution in [0.15, 0.2) is 45.3 Å². The molecule has 0 saturated carbocycles. The molecule has 25 heavy (non-hydrogen) atoms. The molecule has 0 bridgehead atoms. The molecule has 0 aliphatic rings. The third kappa shape index (κ3) is 8.55. The highest BCUT2D eigenvalue weighted by Crippen LogP contribution is 2.30. The standard InChI is InChI=1S/C14H12Br2.C9H20/c1-9-7-11(15)3-5-13(9)14-6-4-12(16)8-10(14)2;1-3-5-7-9-8-6-4-2/h3-8H,1-2H3;3-9H2,1-2H3. The van der Waals surface area contributed by atoms with Crippen LogP contribution >= 0.6 is 31.9 Å². The van der Waals surface area contributed by atoms with Gasteiger partial charge in [0.25, 0.3) is 0 Å². The Hall–Kier alpha value is -0.600. The number of aryl methyl sites for hydroxylation is 2. The van der Waals surface area contributed by atoms with Gasteiger partial charge >= 0.3 is 0 Å². The molecule has 0 saturated heterocycles. The third-order valence-electron chi connectivity index (χ3n) is 4.37. The van der Waals surface area contributed by atoms with E-state index in [1.54, 1.807) is 0 Å². The summed E-state index contributed by atoms with van der Waals surface area (Å²) in [4.78, 5) is 0. The predicted molar refractivity (Wildman–Crippen MR) is 120 cm³/mol. The first kappa shape index (κ1) is 22.4. The van der Waals surface area contributed by atoms with Crippen molar-refractivity contribution in [3.8, 4) is 11.1 Å². The Morgan fingerprint density at radius 2 is 0.960 bits per heavy atom. The normalized spacial score (nSPS) is 10.3. The van der Waals surface area contributed by atoms with Crippen LogP contribution < -0.4 is 0 Å². The molecule has 0 fully saturated rings. The lowest BCUT2D eigenvalue weighted by molar-refractivity contribution is 0.602. The molecule has 0 aliphatic heterocycles. The van der Waals surface area contributed by atoms with Crippen molar-refractivity contribution in [3.05, 3.63) is 56.5 Å². The highest BCUT2D eigenvalue weighted by Gasteiger charge is 2.05. The van der Waals surface area contributed by atoms with Gasteiger partial charge in [0.2, 0.25) is 0 Å². The molecule has 0 unspecified atom stereocenters. The van der Waals surface area contributed by atoms with Gasteiger partial charge in [0.1, 0.15) is 0 Å². The topological polar surface area (TPSA) is 0 Å². The Morgan fingerprint density at radius 3 is 1.28 bits per heavy atom. The molecule has 0 aromatic heterocycles. The minimum Gasteiger partial charge on any atom is -0.0654 e.